The minimum atomic E-state index is -4.59. The zero-order chi connectivity index (χ0) is 15.8. The predicted octanol–water partition coefficient (Wildman–Crippen LogP) is 2.14. The molecule has 9 heteroatoms. The monoisotopic (exact) mass is 321 g/mol. The second kappa shape index (κ2) is 5.21. The van der Waals surface area contributed by atoms with Gasteiger partial charge < -0.3 is 5.73 Å². The lowest BCUT2D eigenvalue weighted by atomic mass is 10.1. The van der Waals surface area contributed by atoms with Crippen molar-refractivity contribution in [1.82, 2.24) is 0 Å². The molecule has 0 radical (unpaired) electrons. The fourth-order valence-electron chi connectivity index (χ4n) is 1.84. The first kappa shape index (κ1) is 15.6. The Morgan fingerprint density at radius 1 is 1.38 bits per heavy atom. The molecule has 0 heterocycles. The number of sulfonamides is 1. The summed E-state index contributed by atoms with van der Waals surface area (Å²) in [6.07, 6.45) is -2.93. The highest BCUT2D eigenvalue weighted by molar-refractivity contribution is 7.92. The van der Waals surface area contributed by atoms with Crippen molar-refractivity contribution in [3.05, 3.63) is 29.3 Å². The van der Waals surface area contributed by atoms with Gasteiger partial charge in [-0.15, -0.1) is 0 Å². The highest BCUT2D eigenvalue weighted by Gasteiger charge is 2.32. The summed E-state index contributed by atoms with van der Waals surface area (Å²) >= 11 is 0. The Balaban J connectivity index is 2.32. The number of hydrogen-bond acceptors (Lipinski definition) is 3. The van der Waals surface area contributed by atoms with E-state index in [4.69, 9.17) is 11.1 Å². The van der Waals surface area contributed by atoms with E-state index in [1.807, 2.05) is 0 Å². The summed E-state index contributed by atoms with van der Waals surface area (Å²) in [5, 5.41) is 7.31. The minimum absolute atomic E-state index is 0.0780. The fraction of sp³-hybridized carbons (Fsp3) is 0.417. The maximum Gasteiger partial charge on any atom is 0.416 e. The van der Waals surface area contributed by atoms with Crippen molar-refractivity contribution in [2.24, 2.45) is 11.7 Å². The van der Waals surface area contributed by atoms with Crippen LogP contribution in [0.5, 0.6) is 0 Å². The Hall–Kier alpha value is -1.77. The predicted molar refractivity (Wildman–Crippen MR) is 72.6 cm³/mol. The lowest BCUT2D eigenvalue weighted by molar-refractivity contribution is -0.137. The minimum Gasteiger partial charge on any atom is -0.384 e. The number of benzene rings is 1. The number of anilines is 1. The third-order valence-electron chi connectivity index (χ3n) is 3.05. The van der Waals surface area contributed by atoms with Gasteiger partial charge in [0.05, 0.1) is 17.0 Å². The maximum absolute atomic E-state index is 12.6. The van der Waals surface area contributed by atoms with Gasteiger partial charge in [-0.05, 0) is 37.0 Å². The number of amidine groups is 1. The molecule has 0 unspecified atom stereocenters. The molecule has 1 saturated carbocycles. The summed E-state index contributed by atoms with van der Waals surface area (Å²) in [4.78, 5) is 0. The molecule has 1 aliphatic rings. The highest BCUT2D eigenvalue weighted by atomic mass is 32.2. The Bertz CT molecular complexity index is 667. The van der Waals surface area contributed by atoms with E-state index in [9.17, 15) is 21.6 Å². The molecular weight excluding hydrogens is 307 g/mol. The molecule has 0 amide bonds. The van der Waals surface area contributed by atoms with E-state index < -0.39 is 27.6 Å². The number of nitrogens with one attached hydrogen (secondary N) is 2. The number of nitrogen functional groups attached to an aromatic ring is 1. The Morgan fingerprint density at radius 2 is 2.00 bits per heavy atom. The van der Waals surface area contributed by atoms with Crippen LogP contribution in [0.3, 0.4) is 0 Å². The average molecular weight is 321 g/mol. The first-order valence-corrected chi connectivity index (χ1v) is 7.80. The third kappa shape index (κ3) is 4.10. The summed E-state index contributed by atoms with van der Waals surface area (Å²) in [7, 11) is -3.66. The Kier molecular flexibility index (Phi) is 3.87. The van der Waals surface area contributed by atoms with Gasteiger partial charge in [-0.2, -0.15) is 13.2 Å². The van der Waals surface area contributed by atoms with E-state index in [1.54, 1.807) is 0 Å². The lowest BCUT2D eigenvalue weighted by Crippen LogP contribution is -2.22. The van der Waals surface area contributed by atoms with Crippen LogP contribution in [-0.4, -0.2) is 20.0 Å². The van der Waals surface area contributed by atoms with Gasteiger partial charge in [0.25, 0.3) is 0 Å². The van der Waals surface area contributed by atoms with Crippen LogP contribution in [-0.2, 0) is 16.2 Å². The lowest BCUT2D eigenvalue weighted by Gasteiger charge is -2.14. The molecule has 0 aliphatic heterocycles. The summed E-state index contributed by atoms with van der Waals surface area (Å²) < 4.78 is 63.8. The van der Waals surface area contributed by atoms with Crippen LogP contribution in [0.15, 0.2) is 18.2 Å². The second-order valence-electron chi connectivity index (χ2n) is 5.00. The van der Waals surface area contributed by atoms with Gasteiger partial charge >= 0.3 is 6.18 Å². The van der Waals surface area contributed by atoms with Crippen LogP contribution in [0, 0.1) is 11.3 Å². The van der Waals surface area contributed by atoms with Crippen molar-refractivity contribution in [1.29, 1.82) is 5.41 Å². The van der Waals surface area contributed by atoms with Crippen molar-refractivity contribution in [3.63, 3.8) is 0 Å². The molecule has 4 N–H and O–H groups in total. The van der Waals surface area contributed by atoms with Crippen LogP contribution in [0.25, 0.3) is 0 Å². The number of alkyl halides is 3. The van der Waals surface area contributed by atoms with Crippen molar-refractivity contribution >= 4 is 21.5 Å². The molecule has 1 fully saturated rings. The molecule has 1 aromatic carbocycles. The number of rotatable bonds is 5. The molecule has 1 aromatic rings. The SMILES string of the molecule is N=C(N)c1cc(C(F)(F)F)ccc1NS(=O)(=O)CC1CC1. The van der Waals surface area contributed by atoms with Crippen molar-refractivity contribution in [2.45, 2.75) is 19.0 Å². The van der Waals surface area contributed by atoms with Gasteiger partial charge in [0, 0.05) is 5.56 Å². The summed E-state index contributed by atoms with van der Waals surface area (Å²) in [6, 6.07) is 2.39. The molecule has 0 aromatic heterocycles. The van der Waals surface area contributed by atoms with Gasteiger partial charge in [0.2, 0.25) is 10.0 Å². The normalized spacial score (nSPS) is 15.8. The largest absolute Gasteiger partial charge is 0.416 e. The summed E-state index contributed by atoms with van der Waals surface area (Å²) in [5.74, 6) is -0.617. The zero-order valence-electron chi connectivity index (χ0n) is 10.9. The van der Waals surface area contributed by atoms with E-state index in [0.717, 1.165) is 25.0 Å². The molecule has 0 atom stereocenters. The van der Waals surface area contributed by atoms with E-state index in [-0.39, 0.29) is 22.9 Å². The Labute approximate surface area is 119 Å². The standard InChI is InChI=1S/C12H14F3N3O2S/c13-12(14,15)8-3-4-10(9(5-8)11(16)17)18-21(19,20)6-7-1-2-7/h3-5,7,18H,1-2,6H2,(H3,16,17). The molecule has 2 rings (SSSR count). The first-order chi connectivity index (χ1) is 9.58. The van der Waals surface area contributed by atoms with Crippen LogP contribution in [0.1, 0.15) is 24.0 Å². The van der Waals surface area contributed by atoms with Gasteiger partial charge in [-0.3, -0.25) is 10.1 Å². The number of hydrogen-bond donors (Lipinski definition) is 3. The molecule has 0 saturated heterocycles. The van der Waals surface area contributed by atoms with Crippen LogP contribution in [0.4, 0.5) is 18.9 Å². The van der Waals surface area contributed by atoms with Gasteiger partial charge in [0.1, 0.15) is 5.84 Å². The number of halogens is 3. The fourth-order valence-corrected chi connectivity index (χ4v) is 3.39. The molecule has 116 valence electrons. The molecule has 21 heavy (non-hydrogen) atoms. The van der Waals surface area contributed by atoms with E-state index in [2.05, 4.69) is 4.72 Å². The Morgan fingerprint density at radius 3 is 2.48 bits per heavy atom. The second-order valence-corrected chi connectivity index (χ2v) is 6.77. The van der Waals surface area contributed by atoms with E-state index in [1.165, 1.54) is 0 Å². The third-order valence-corrected chi connectivity index (χ3v) is 4.50. The van der Waals surface area contributed by atoms with Gasteiger partial charge in [-0.1, -0.05) is 0 Å². The number of nitrogens with two attached hydrogens (primary N) is 1. The quantitative estimate of drug-likeness (QED) is 0.572. The average Bonchev–Trinajstić information content (AvgIpc) is 3.10. The molecule has 1 aliphatic carbocycles. The van der Waals surface area contributed by atoms with Gasteiger partial charge in [-0.25, -0.2) is 8.42 Å². The van der Waals surface area contributed by atoms with E-state index in [0.29, 0.717) is 6.07 Å². The van der Waals surface area contributed by atoms with Crippen molar-refractivity contribution < 1.29 is 21.6 Å². The zero-order valence-corrected chi connectivity index (χ0v) is 11.7. The van der Waals surface area contributed by atoms with Crippen LogP contribution < -0.4 is 10.5 Å². The van der Waals surface area contributed by atoms with Gasteiger partial charge in [0.15, 0.2) is 0 Å². The molecule has 5 nitrogen and oxygen atoms in total. The van der Waals surface area contributed by atoms with Crippen LogP contribution >= 0.6 is 0 Å². The van der Waals surface area contributed by atoms with Crippen molar-refractivity contribution in [3.8, 4) is 0 Å². The smallest absolute Gasteiger partial charge is 0.384 e. The molecule has 0 spiro atoms. The topological polar surface area (TPSA) is 96.0 Å². The van der Waals surface area contributed by atoms with Crippen LogP contribution in [0.2, 0.25) is 0 Å². The molecule has 0 bridgehead atoms. The van der Waals surface area contributed by atoms with Crippen molar-refractivity contribution in [2.75, 3.05) is 10.5 Å². The first-order valence-electron chi connectivity index (χ1n) is 6.14. The highest BCUT2D eigenvalue weighted by Crippen LogP contribution is 2.33. The summed E-state index contributed by atoms with van der Waals surface area (Å²) in [5.41, 5.74) is 3.85. The molecular formula is C12H14F3N3O2S. The van der Waals surface area contributed by atoms with E-state index >= 15 is 0 Å². The maximum atomic E-state index is 12.6. The summed E-state index contributed by atoms with van der Waals surface area (Å²) in [6.45, 7) is 0.